The number of ether oxygens (including phenoxy) is 3. The molecule has 1 aliphatic heterocycles. The average Bonchev–Trinajstić information content (AvgIpc) is 3.21. The van der Waals surface area contributed by atoms with Crippen molar-refractivity contribution >= 4 is 34.3 Å². The minimum Gasteiger partial charge on any atom is -0.496 e. The minimum atomic E-state index is -0.195. The molecule has 162 valence electrons. The van der Waals surface area contributed by atoms with Crippen molar-refractivity contribution in [1.82, 2.24) is 9.55 Å². The number of nitrogens with zero attached hydrogens (tertiary/aromatic N) is 2. The molecule has 0 fully saturated rings. The van der Waals surface area contributed by atoms with Gasteiger partial charge in [-0.15, -0.1) is 0 Å². The van der Waals surface area contributed by atoms with Crippen LogP contribution in [0.2, 0.25) is 5.02 Å². The molecule has 6 nitrogen and oxygen atoms in total. The predicted octanol–water partition coefficient (Wildman–Crippen LogP) is 5.77. The van der Waals surface area contributed by atoms with Gasteiger partial charge in [-0.05, 0) is 42.0 Å². The van der Waals surface area contributed by atoms with Gasteiger partial charge in [0.25, 0.3) is 0 Å². The number of benzene rings is 3. The van der Waals surface area contributed by atoms with Crippen LogP contribution in [0.25, 0.3) is 16.7 Å². The average molecular weight is 448 g/mol. The molecule has 0 spiro atoms. The van der Waals surface area contributed by atoms with Gasteiger partial charge in [0.15, 0.2) is 11.5 Å². The smallest absolute Gasteiger partial charge is 0.209 e. The number of hydrogen-bond donors (Lipinski definition) is 1. The number of anilines is 1. The summed E-state index contributed by atoms with van der Waals surface area (Å²) >= 11 is 6.11. The van der Waals surface area contributed by atoms with E-state index in [9.17, 15) is 0 Å². The molecule has 0 saturated carbocycles. The van der Waals surface area contributed by atoms with Crippen LogP contribution in [0.15, 0.2) is 66.7 Å². The molecule has 0 amide bonds. The van der Waals surface area contributed by atoms with E-state index in [4.69, 9.17) is 30.8 Å². The number of fused-ring (bicyclic) bond motifs is 3. The molecule has 1 aliphatic rings. The first-order valence-electron chi connectivity index (χ1n) is 10.1. The molecular weight excluding hydrogens is 426 g/mol. The molecule has 1 aromatic heterocycles. The zero-order valence-electron chi connectivity index (χ0n) is 17.9. The summed E-state index contributed by atoms with van der Waals surface area (Å²) in [5, 5.41) is 4.17. The third-order valence-electron chi connectivity index (χ3n) is 5.65. The first-order chi connectivity index (χ1) is 15.6. The summed E-state index contributed by atoms with van der Waals surface area (Å²) in [6, 6.07) is 19.4. The fourth-order valence-corrected chi connectivity index (χ4v) is 4.25. The second kappa shape index (κ2) is 8.13. The van der Waals surface area contributed by atoms with E-state index >= 15 is 0 Å². The Morgan fingerprint density at radius 3 is 2.28 bits per heavy atom. The lowest BCUT2D eigenvalue weighted by Crippen LogP contribution is -2.19. The first kappa shape index (κ1) is 20.3. The number of halogens is 1. The number of nitrogens with one attached hydrogen (secondary N) is 1. The van der Waals surface area contributed by atoms with Crippen molar-refractivity contribution in [1.29, 1.82) is 0 Å². The number of rotatable bonds is 5. The first-order valence-corrected chi connectivity index (χ1v) is 10.5. The number of imidazole rings is 1. The summed E-state index contributed by atoms with van der Waals surface area (Å²) in [7, 11) is 4.90. The summed E-state index contributed by atoms with van der Waals surface area (Å²) < 4.78 is 19.0. The molecule has 7 heteroatoms. The lowest BCUT2D eigenvalue weighted by Gasteiger charge is -2.28. The number of methoxy groups -OCH3 is 3. The highest BCUT2D eigenvalue weighted by atomic mass is 35.5. The van der Waals surface area contributed by atoms with Crippen molar-refractivity contribution < 1.29 is 14.2 Å². The summed E-state index contributed by atoms with van der Waals surface area (Å²) in [5.74, 6) is 2.69. The van der Waals surface area contributed by atoms with E-state index in [1.165, 1.54) is 0 Å². The van der Waals surface area contributed by atoms with Gasteiger partial charge in [0.05, 0.1) is 38.4 Å². The van der Waals surface area contributed by atoms with E-state index in [2.05, 4.69) is 22.0 Å². The van der Waals surface area contributed by atoms with Crippen molar-refractivity contribution in [2.24, 2.45) is 0 Å². The third-order valence-corrected chi connectivity index (χ3v) is 5.91. The maximum absolute atomic E-state index is 6.11. The Labute approximate surface area is 191 Å². The Morgan fingerprint density at radius 1 is 0.875 bits per heavy atom. The standard InChI is InChI=1S/C25H22ClN3O3/c1-30-22-14-24(32-3)23(31-2)12-17(22)21-13-19(15-8-10-16(26)11-9-15)28-25-27-18-6-4-5-7-20(18)29(21)25/h4-14,21H,1-3H3,(H,27,28). The Morgan fingerprint density at radius 2 is 1.56 bits per heavy atom. The van der Waals surface area contributed by atoms with Crippen LogP contribution in [-0.4, -0.2) is 30.9 Å². The number of aromatic nitrogens is 2. The molecule has 0 aliphatic carbocycles. The van der Waals surface area contributed by atoms with Gasteiger partial charge in [0, 0.05) is 22.3 Å². The molecule has 0 radical (unpaired) electrons. The summed E-state index contributed by atoms with van der Waals surface area (Å²) in [6.07, 6.45) is 2.16. The number of para-hydroxylation sites is 2. The monoisotopic (exact) mass is 447 g/mol. The van der Waals surface area contributed by atoms with Crippen molar-refractivity contribution in [3.8, 4) is 17.2 Å². The third kappa shape index (κ3) is 3.33. The Bertz CT molecular complexity index is 1330. The molecule has 4 aromatic rings. The lowest BCUT2D eigenvalue weighted by molar-refractivity contribution is 0.346. The minimum absolute atomic E-state index is 0.195. The maximum atomic E-state index is 6.11. The second-order valence-electron chi connectivity index (χ2n) is 7.40. The molecule has 1 atom stereocenters. The van der Waals surface area contributed by atoms with Gasteiger partial charge in [-0.25, -0.2) is 4.98 Å². The largest absolute Gasteiger partial charge is 0.496 e. The normalized spacial score (nSPS) is 15.0. The van der Waals surface area contributed by atoms with Gasteiger partial charge in [0.2, 0.25) is 5.95 Å². The molecule has 1 unspecified atom stereocenters. The van der Waals surface area contributed by atoms with Crippen LogP contribution in [0.4, 0.5) is 5.95 Å². The lowest BCUT2D eigenvalue weighted by atomic mass is 9.99. The summed E-state index contributed by atoms with van der Waals surface area (Å²) in [4.78, 5) is 4.84. The Hall–Kier alpha value is -3.64. The number of hydrogen-bond acceptors (Lipinski definition) is 5. The molecular formula is C25H22ClN3O3. The molecule has 32 heavy (non-hydrogen) atoms. The van der Waals surface area contributed by atoms with Gasteiger partial charge in [-0.1, -0.05) is 35.9 Å². The van der Waals surface area contributed by atoms with Gasteiger partial charge < -0.3 is 19.5 Å². The van der Waals surface area contributed by atoms with Crippen LogP contribution in [0, 0.1) is 0 Å². The van der Waals surface area contributed by atoms with Gasteiger partial charge >= 0.3 is 0 Å². The quantitative estimate of drug-likeness (QED) is 0.420. The molecule has 0 saturated heterocycles. The molecule has 1 N–H and O–H groups in total. The highest BCUT2D eigenvalue weighted by molar-refractivity contribution is 6.30. The van der Waals surface area contributed by atoms with E-state index in [0.717, 1.165) is 33.8 Å². The Balaban J connectivity index is 1.76. The molecule has 0 bridgehead atoms. The highest BCUT2D eigenvalue weighted by Crippen LogP contribution is 2.43. The second-order valence-corrected chi connectivity index (χ2v) is 7.84. The van der Waals surface area contributed by atoms with Crippen molar-refractivity contribution in [2.75, 3.05) is 26.6 Å². The van der Waals surface area contributed by atoms with Crippen LogP contribution in [0.3, 0.4) is 0 Å². The predicted molar refractivity (Wildman–Crippen MR) is 127 cm³/mol. The Kier molecular flexibility index (Phi) is 5.15. The van der Waals surface area contributed by atoms with E-state index in [-0.39, 0.29) is 6.04 Å². The molecule has 3 aromatic carbocycles. The molecule has 5 rings (SSSR count). The van der Waals surface area contributed by atoms with Crippen LogP contribution in [0.5, 0.6) is 17.2 Å². The van der Waals surface area contributed by atoms with Crippen LogP contribution in [0.1, 0.15) is 17.2 Å². The zero-order valence-corrected chi connectivity index (χ0v) is 18.7. The summed E-state index contributed by atoms with van der Waals surface area (Å²) in [5.41, 5.74) is 4.81. The van der Waals surface area contributed by atoms with Gasteiger partial charge in [-0.2, -0.15) is 0 Å². The fraction of sp³-hybridized carbons (Fsp3) is 0.160. The van der Waals surface area contributed by atoms with Crippen LogP contribution < -0.4 is 19.5 Å². The SMILES string of the molecule is COc1cc(OC)c(C2C=C(c3ccc(Cl)cc3)Nc3nc4ccccc4n32)cc1OC. The van der Waals surface area contributed by atoms with Crippen molar-refractivity contribution in [2.45, 2.75) is 6.04 Å². The van der Waals surface area contributed by atoms with Crippen molar-refractivity contribution in [3.63, 3.8) is 0 Å². The van der Waals surface area contributed by atoms with Crippen molar-refractivity contribution in [3.05, 3.63) is 82.9 Å². The van der Waals surface area contributed by atoms with E-state index < -0.39 is 0 Å². The zero-order chi connectivity index (χ0) is 22.2. The maximum Gasteiger partial charge on any atom is 0.209 e. The van der Waals surface area contributed by atoms with Crippen LogP contribution in [-0.2, 0) is 0 Å². The van der Waals surface area contributed by atoms with Gasteiger partial charge in [0.1, 0.15) is 5.75 Å². The fourth-order valence-electron chi connectivity index (χ4n) is 4.12. The number of allylic oxidation sites excluding steroid dienone is 1. The van der Waals surface area contributed by atoms with Gasteiger partial charge in [-0.3, -0.25) is 4.57 Å². The molecule has 2 heterocycles. The van der Waals surface area contributed by atoms with E-state index in [1.807, 2.05) is 54.6 Å². The highest BCUT2D eigenvalue weighted by Gasteiger charge is 2.28. The van der Waals surface area contributed by atoms with E-state index in [1.54, 1.807) is 21.3 Å². The topological polar surface area (TPSA) is 57.5 Å². The summed E-state index contributed by atoms with van der Waals surface area (Å²) in [6.45, 7) is 0. The van der Waals surface area contributed by atoms with Crippen LogP contribution >= 0.6 is 11.6 Å². The van der Waals surface area contributed by atoms with E-state index in [0.29, 0.717) is 22.3 Å².